The minimum absolute atomic E-state index is 0.0461. The van der Waals surface area contributed by atoms with Crippen molar-refractivity contribution in [2.45, 2.75) is 6.92 Å². The first-order valence-corrected chi connectivity index (χ1v) is 12.0. The Hall–Kier alpha value is -4.15. The summed E-state index contributed by atoms with van der Waals surface area (Å²) in [6, 6.07) is 14.5. The van der Waals surface area contributed by atoms with Gasteiger partial charge in [-0.2, -0.15) is 0 Å². The van der Waals surface area contributed by atoms with E-state index in [1.165, 1.54) is 38.3 Å². The molecule has 0 aliphatic carbocycles. The van der Waals surface area contributed by atoms with E-state index in [4.69, 9.17) is 16.0 Å². The van der Waals surface area contributed by atoms with Gasteiger partial charge >= 0.3 is 5.97 Å². The SMILES string of the molecule is COC(=O)c1cc(NC(=O)CN2C(=O)S/C(=C/c3ccc(-c4ccc(C(C)=O)cc4)o3)C2=O)ccc1Cl. The number of esters is 1. The zero-order valence-corrected chi connectivity index (χ0v) is 21.1. The van der Waals surface area contributed by atoms with E-state index in [9.17, 15) is 24.0 Å². The van der Waals surface area contributed by atoms with Gasteiger partial charge in [-0.05, 0) is 49.0 Å². The second-order valence-electron chi connectivity index (χ2n) is 7.84. The van der Waals surface area contributed by atoms with Gasteiger partial charge in [-0.3, -0.25) is 24.1 Å². The molecule has 188 valence electrons. The molecule has 0 spiro atoms. The van der Waals surface area contributed by atoms with E-state index in [1.807, 2.05) is 0 Å². The lowest BCUT2D eigenvalue weighted by Gasteiger charge is -2.13. The van der Waals surface area contributed by atoms with E-state index in [2.05, 4.69) is 10.1 Å². The van der Waals surface area contributed by atoms with Crippen LogP contribution in [0.25, 0.3) is 17.4 Å². The number of furan rings is 1. The lowest BCUT2D eigenvalue weighted by Crippen LogP contribution is -2.36. The van der Waals surface area contributed by atoms with Crippen LogP contribution in [0.3, 0.4) is 0 Å². The van der Waals surface area contributed by atoms with Gasteiger partial charge in [-0.1, -0.05) is 35.9 Å². The third-order valence-corrected chi connectivity index (χ3v) is 6.54. The minimum atomic E-state index is -0.675. The van der Waals surface area contributed by atoms with Crippen LogP contribution in [0.15, 0.2) is 63.9 Å². The van der Waals surface area contributed by atoms with Gasteiger partial charge in [0.25, 0.3) is 11.1 Å². The molecule has 1 N–H and O–H groups in total. The number of carbonyl (C=O) groups excluding carboxylic acids is 5. The third kappa shape index (κ3) is 5.82. The molecule has 9 nitrogen and oxygen atoms in total. The summed E-state index contributed by atoms with van der Waals surface area (Å²) < 4.78 is 10.4. The Bertz CT molecular complexity index is 1460. The number of nitrogens with one attached hydrogen (secondary N) is 1. The number of halogens is 1. The van der Waals surface area contributed by atoms with Crippen molar-refractivity contribution in [3.05, 3.63) is 81.4 Å². The van der Waals surface area contributed by atoms with E-state index in [-0.39, 0.29) is 27.0 Å². The number of hydrogen-bond donors (Lipinski definition) is 1. The Morgan fingerprint density at radius 2 is 1.81 bits per heavy atom. The fourth-order valence-corrected chi connectivity index (χ4v) is 4.45. The Balaban J connectivity index is 1.43. The predicted molar refractivity (Wildman–Crippen MR) is 138 cm³/mol. The summed E-state index contributed by atoms with van der Waals surface area (Å²) in [6.07, 6.45) is 1.43. The second-order valence-corrected chi connectivity index (χ2v) is 9.24. The lowest BCUT2D eigenvalue weighted by molar-refractivity contribution is -0.127. The summed E-state index contributed by atoms with van der Waals surface area (Å²) in [5.74, 6) is -1.14. The van der Waals surface area contributed by atoms with E-state index >= 15 is 0 Å². The number of methoxy groups -OCH3 is 1. The summed E-state index contributed by atoms with van der Waals surface area (Å²) >= 11 is 6.67. The van der Waals surface area contributed by atoms with Gasteiger partial charge < -0.3 is 14.5 Å². The fraction of sp³-hybridized carbons (Fsp3) is 0.115. The first-order chi connectivity index (χ1) is 17.7. The predicted octanol–water partition coefficient (Wildman–Crippen LogP) is 5.26. The molecule has 4 rings (SSSR count). The van der Waals surface area contributed by atoms with Crippen molar-refractivity contribution in [1.29, 1.82) is 0 Å². The molecule has 11 heteroatoms. The van der Waals surface area contributed by atoms with E-state index < -0.39 is 29.6 Å². The maximum atomic E-state index is 12.8. The molecule has 1 saturated heterocycles. The van der Waals surface area contributed by atoms with E-state index in [0.717, 1.165) is 10.5 Å². The first-order valence-electron chi connectivity index (χ1n) is 10.8. The smallest absolute Gasteiger partial charge is 0.339 e. The second kappa shape index (κ2) is 10.9. The number of ketones is 1. The largest absolute Gasteiger partial charge is 0.465 e. The summed E-state index contributed by atoms with van der Waals surface area (Å²) in [6.45, 7) is 0.958. The highest BCUT2D eigenvalue weighted by Crippen LogP contribution is 2.33. The summed E-state index contributed by atoms with van der Waals surface area (Å²) in [5.41, 5.74) is 1.63. The maximum absolute atomic E-state index is 12.8. The number of amides is 3. The average molecular weight is 539 g/mol. The zero-order chi connectivity index (χ0) is 26.7. The lowest BCUT2D eigenvalue weighted by atomic mass is 10.1. The molecule has 2 heterocycles. The van der Waals surface area contributed by atoms with Crippen LogP contribution in [-0.4, -0.2) is 47.4 Å². The normalized spacial score (nSPS) is 14.2. The molecule has 1 aromatic heterocycles. The number of imide groups is 1. The molecular formula is C26H19ClN2O7S. The van der Waals surface area contributed by atoms with Crippen LogP contribution in [0, 0.1) is 0 Å². The molecule has 3 aromatic rings. The number of ether oxygens (including phenoxy) is 1. The van der Waals surface area contributed by atoms with Gasteiger partial charge in [0.2, 0.25) is 5.91 Å². The number of carbonyl (C=O) groups is 5. The molecule has 1 aliphatic rings. The van der Waals surface area contributed by atoms with Crippen molar-refractivity contribution in [2.24, 2.45) is 0 Å². The van der Waals surface area contributed by atoms with Crippen molar-refractivity contribution in [3.63, 3.8) is 0 Å². The van der Waals surface area contributed by atoms with Crippen molar-refractivity contribution < 1.29 is 33.1 Å². The number of rotatable bonds is 7. The summed E-state index contributed by atoms with van der Waals surface area (Å²) in [7, 11) is 1.20. The van der Waals surface area contributed by atoms with Gasteiger partial charge in [-0.25, -0.2) is 4.79 Å². The topological polar surface area (TPSA) is 123 Å². The van der Waals surface area contributed by atoms with Crippen LogP contribution in [0.4, 0.5) is 10.5 Å². The van der Waals surface area contributed by atoms with Gasteiger partial charge in [0.1, 0.15) is 18.1 Å². The first kappa shape index (κ1) is 25.9. The number of hydrogen-bond acceptors (Lipinski definition) is 8. The van der Waals surface area contributed by atoms with Gasteiger partial charge in [0, 0.05) is 22.9 Å². The Morgan fingerprint density at radius 1 is 1.08 bits per heavy atom. The highest BCUT2D eigenvalue weighted by molar-refractivity contribution is 8.18. The van der Waals surface area contributed by atoms with Crippen LogP contribution in [0.2, 0.25) is 5.02 Å². The Kier molecular flexibility index (Phi) is 7.61. The van der Waals surface area contributed by atoms with Crippen molar-refractivity contribution in [1.82, 2.24) is 4.90 Å². The van der Waals surface area contributed by atoms with Crippen LogP contribution in [-0.2, 0) is 14.3 Å². The molecule has 3 amide bonds. The number of thioether (sulfide) groups is 1. The maximum Gasteiger partial charge on any atom is 0.339 e. The quantitative estimate of drug-likeness (QED) is 0.245. The van der Waals surface area contributed by atoms with Gasteiger partial charge in [0.05, 0.1) is 22.6 Å². The van der Waals surface area contributed by atoms with Gasteiger partial charge in [-0.15, -0.1) is 0 Å². The average Bonchev–Trinajstić information content (AvgIpc) is 3.45. The fourth-order valence-electron chi connectivity index (χ4n) is 3.43. The van der Waals surface area contributed by atoms with Crippen LogP contribution < -0.4 is 5.32 Å². The van der Waals surface area contributed by atoms with Crippen molar-refractivity contribution in [2.75, 3.05) is 19.0 Å². The van der Waals surface area contributed by atoms with Crippen molar-refractivity contribution in [3.8, 4) is 11.3 Å². The van der Waals surface area contributed by atoms with Crippen LogP contribution in [0.5, 0.6) is 0 Å². The molecule has 2 aromatic carbocycles. The number of nitrogens with zero attached hydrogens (tertiary/aromatic N) is 1. The summed E-state index contributed by atoms with van der Waals surface area (Å²) in [4.78, 5) is 61.9. The molecule has 0 atom stereocenters. The minimum Gasteiger partial charge on any atom is -0.465 e. The molecule has 0 saturated carbocycles. The Morgan fingerprint density at radius 3 is 2.49 bits per heavy atom. The van der Waals surface area contributed by atoms with Crippen LogP contribution >= 0.6 is 23.4 Å². The summed E-state index contributed by atoms with van der Waals surface area (Å²) in [5, 5.41) is 2.07. The molecule has 0 radical (unpaired) electrons. The number of Topliss-reactive ketones (excluding diaryl/α,β-unsaturated/α-hetero) is 1. The Labute approximate surface area is 220 Å². The number of benzene rings is 2. The molecule has 1 fully saturated rings. The highest BCUT2D eigenvalue weighted by atomic mass is 35.5. The van der Waals surface area contributed by atoms with Crippen molar-refractivity contribution >= 4 is 63.9 Å². The molecular weight excluding hydrogens is 520 g/mol. The zero-order valence-electron chi connectivity index (χ0n) is 19.6. The standard InChI is InChI=1S/C26H19ClN2O7S/c1-14(30)15-3-5-16(6-4-15)21-10-8-18(36-21)12-22-24(32)29(26(34)37-22)13-23(31)28-17-7-9-20(27)19(11-17)25(33)35-2/h3-12H,13H2,1-2H3,(H,28,31)/b22-12+. The molecule has 37 heavy (non-hydrogen) atoms. The molecule has 0 bridgehead atoms. The number of anilines is 1. The van der Waals surface area contributed by atoms with E-state index in [0.29, 0.717) is 28.8 Å². The third-order valence-electron chi connectivity index (χ3n) is 5.31. The monoisotopic (exact) mass is 538 g/mol. The molecule has 1 aliphatic heterocycles. The molecule has 0 unspecified atom stereocenters. The van der Waals surface area contributed by atoms with Gasteiger partial charge in [0.15, 0.2) is 5.78 Å². The highest BCUT2D eigenvalue weighted by Gasteiger charge is 2.36. The van der Waals surface area contributed by atoms with E-state index in [1.54, 1.807) is 36.4 Å². The van der Waals surface area contributed by atoms with Crippen LogP contribution in [0.1, 0.15) is 33.4 Å².